The summed E-state index contributed by atoms with van der Waals surface area (Å²) in [7, 11) is 1.66. The maximum absolute atomic E-state index is 13.7. The number of benzene rings is 2. The first-order chi connectivity index (χ1) is 13.7. The van der Waals surface area contributed by atoms with Gasteiger partial charge in [-0.05, 0) is 42.7 Å². The van der Waals surface area contributed by atoms with Crippen molar-refractivity contribution in [2.45, 2.75) is 18.3 Å². The van der Waals surface area contributed by atoms with E-state index in [0.29, 0.717) is 13.2 Å². The van der Waals surface area contributed by atoms with Crippen molar-refractivity contribution in [3.05, 3.63) is 60.2 Å². The molecule has 5 heteroatoms. The Morgan fingerprint density at radius 2 is 1.57 bits per heavy atom. The van der Waals surface area contributed by atoms with E-state index in [9.17, 15) is 4.79 Å². The second kappa shape index (κ2) is 8.23. The first-order valence-corrected chi connectivity index (χ1v) is 10.0. The normalized spacial score (nSPS) is 19.3. The molecule has 0 saturated carbocycles. The fourth-order valence-electron chi connectivity index (χ4n) is 4.37. The van der Waals surface area contributed by atoms with Gasteiger partial charge in [0.25, 0.3) is 0 Å². The van der Waals surface area contributed by atoms with E-state index in [1.54, 1.807) is 7.11 Å². The third-order valence-electron chi connectivity index (χ3n) is 6.09. The molecule has 0 radical (unpaired) electrons. The van der Waals surface area contributed by atoms with Crippen LogP contribution < -0.4 is 9.64 Å². The second-order valence-corrected chi connectivity index (χ2v) is 7.54. The van der Waals surface area contributed by atoms with Crippen molar-refractivity contribution in [3.8, 4) is 5.75 Å². The Hall–Kier alpha value is -2.53. The molecular weight excluding hydrogens is 352 g/mol. The van der Waals surface area contributed by atoms with Crippen LogP contribution in [-0.2, 0) is 14.9 Å². The molecule has 2 aliphatic heterocycles. The van der Waals surface area contributed by atoms with Crippen molar-refractivity contribution in [2.24, 2.45) is 0 Å². The number of carbonyl (C=O) groups excluding carboxylic acids is 1. The largest absolute Gasteiger partial charge is 0.497 e. The summed E-state index contributed by atoms with van der Waals surface area (Å²) in [5.41, 5.74) is 1.82. The van der Waals surface area contributed by atoms with Gasteiger partial charge in [0.05, 0.1) is 12.5 Å². The Morgan fingerprint density at radius 1 is 0.929 bits per heavy atom. The zero-order chi connectivity index (χ0) is 19.4. The number of amides is 1. The van der Waals surface area contributed by atoms with E-state index in [-0.39, 0.29) is 5.91 Å². The topological polar surface area (TPSA) is 42.0 Å². The Kier molecular flexibility index (Phi) is 5.53. The van der Waals surface area contributed by atoms with Crippen molar-refractivity contribution < 1.29 is 14.3 Å². The molecule has 28 heavy (non-hydrogen) atoms. The van der Waals surface area contributed by atoms with E-state index in [2.05, 4.69) is 34.1 Å². The molecule has 2 aromatic rings. The number of hydrogen-bond acceptors (Lipinski definition) is 4. The first kappa shape index (κ1) is 18.8. The van der Waals surface area contributed by atoms with Crippen molar-refractivity contribution in [1.82, 2.24) is 4.90 Å². The van der Waals surface area contributed by atoms with E-state index >= 15 is 0 Å². The van der Waals surface area contributed by atoms with Crippen LogP contribution in [-0.4, -0.2) is 57.3 Å². The zero-order valence-corrected chi connectivity index (χ0v) is 16.5. The van der Waals surface area contributed by atoms with Gasteiger partial charge in [-0.25, -0.2) is 0 Å². The predicted molar refractivity (Wildman–Crippen MR) is 110 cm³/mol. The maximum Gasteiger partial charge on any atom is 0.233 e. The standard InChI is InChI=1S/C23H28N2O3/c1-27-21-9-7-19(8-10-21)23(11-17-28-18-12-23)22(26)25-15-13-24(14-16-25)20-5-3-2-4-6-20/h2-10H,11-18H2,1H3. The lowest BCUT2D eigenvalue weighted by atomic mass is 9.73. The van der Waals surface area contributed by atoms with E-state index in [4.69, 9.17) is 9.47 Å². The molecule has 2 aromatic carbocycles. The summed E-state index contributed by atoms with van der Waals surface area (Å²) in [5, 5.41) is 0. The number of carbonyl (C=O) groups is 1. The average Bonchev–Trinajstić information content (AvgIpc) is 2.80. The smallest absolute Gasteiger partial charge is 0.233 e. The highest BCUT2D eigenvalue weighted by Crippen LogP contribution is 2.38. The molecule has 2 heterocycles. The van der Waals surface area contributed by atoms with Crippen LogP contribution >= 0.6 is 0 Å². The molecule has 0 N–H and O–H groups in total. The summed E-state index contributed by atoms with van der Waals surface area (Å²) >= 11 is 0. The lowest BCUT2D eigenvalue weighted by Gasteiger charge is -2.43. The summed E-state index contributed by atoms with van der Waals surface area (Å²) in [6.07, 6.45) is 1.47. The molecule has 4 rings (SSSR count). The molecule has 2 saturated heterocycles. The van der Waals surface area contributed by atoms with Gasteiger partial charge in [-0.2, -0.15) is 0 Å². The number of piperazine rings is 1. The maximum atomic E-state index is 13.7. The summed E-state index contributed by atoms with van der Waals surface area (Å²) in [4.78, 5) is 18.1. The van der Waals surface area contributed by atoms with E-state index in [1.165, 1.54) is 5.69 Å². The monoisotopic (exact) mass is 380 g/mol. The van der Waals surface area contributed by atoms with Crippen molar-refractivity contribution in [1.29, 1.82) is 0 Å². The van der Waals surface area contributed by atoms with Gasteiger partial charge in [0.1, 0.15) is 5.75 Å². The number of anilines is 1. The molecule has 5 nitrogen and oxygen atoms in total. The van der Waals surface area contributed by atoms with E-state index in [0.717, 1.165) is 50.3 Å². The predicted octanol–water partition coefficient (Wildman–Crippen LogP) is 3.09. The molecule has 0 spiro atoms. The molecule has 2 aliphatic rings. The summed E-state index contributed by atoms with van der Waals surface area (Å²) in [6, 6.07) is 18.4. The lowest BCUT2D eigenvalue weighted by molar-refractivity contribution is -0.141. The van der Waals surface area contributed by atoms with Crippen LogP contribution in [0.25, 0.3) is 0 Å². The van der Waals surface area contributed by atoms with Gasteiger partial charge in [-0.3, -0.25) is 4.79 Å². The minimum absolute atomic E-state index is 0.244. The number of methoxy groups -OCH3 is 1. The van der Waals surface area contributed by atoms with Crippen LogP contribution in [0, 0.1) is 0 Å². The van der Waals surface area contributed by atoms with Crippen molar-refractivity contribution in [2.75, 3.05) is 51.4 Å². The third-order valence-corrected chi connectivity index (χ3v) is 6.09. The highest BCUT2D eigenvalue weighted by molar-refractivity contribution is 5.88. The van der Waals surface area contributed by atoms with Gasteiger partial charge in [0.15, 0.2) is 0 Å². The number of para-hydroxylation sites is 1. The second-order valence-electron chi connectivity index (χ2n) is 7.54. The summed E-state index contributed by atoms with van der Waals surface area (Å²) in [5.74, 6) is 1.06. The molecular formula is C23H28N2O3. The van der Waals surface area contributed by atoms with Gasteiger partial charge in [0, 0.05) is 45.1 Å². The SMILES string of the molecule is COc1ccc(C2(C(=O)N3CCN(c4ccccc4)CC3)CCOCC2)cc1. The quantitative estimate of drug-likeness (QED) is 0.818. The Labute approximate surface area is 166 Å². The molecule has 0 aromatic heterocycles. The molecule has 0 unspecified atom stereocenters. The summed E-state index contributed by atoms with van der Waals surface area (Å²) in [6.45, 7) is 4.50. The third kappa shape index (κ3) is 3.59. The van der Waals surface area contributed by atoms with Gasteiger partial charge in [0.2, 0.25) is 5.91 Å². The van der Waals surface area contributed by atoms with E-state index in [1.807, 2.05) is 30.3 Å². The van der Waals surface area contributed by atoms with Gasteiger partial charge < -0.3 is 19.3 Å². The molecule has 1 amide bonds. The highest BCUT2D eigenvalue weighted by Gasteiger charge is 2.44. The fourth-order valence-corrected chi connectivity index (χ4v) is 4.37. The summed E-state index contributed by atoms with van der Waals surface area (Å²) < 4.78 is 10.9. The lowest BCUT2D eigenvalue weighted by Crippen LogP contribution is -2.56. The Morgan fingerprint density at radius 3 is 2.18 bits per heavy atom. The molecule has 0 bridgehead atoms. The van der Waals surface area contributed by atoms with Crippen LogP contribution in [0.1, 0.15) is 18.4 Å². The molecule has 0 aliphatic carbocycles. The highest BCUT2D eigenvalue weighted by atomic mass is 16.5. The average molecular weight is 380 g/mol. The van der Waals surface area contributed by atoms with Crippen LogP contribution in [0.5, 0.6) is 5.75 Å². The minimum atomic E-state index is -0.487. The van der Waals surface area contributed by atoms with Gasteiger partial charge in [-0.1, -0.05) is 30.3 Å². The molecule has 2 fully saturated rings. The van der Waals surface area contributed by atoms with E-state index < -0.39 is 5.41 Å². The minimum Gasteiger partial charge on any atom is -0.497 e. The van der Waals surface area contributed by atoms with Gasteiger partial charge >= 0.3 is 0 Å². The molecule has 0 atom stereocenters. The molecule has 148 valence electrons. The fraction of sp³-hybridized carbons (Fsp3) is 0.435. The number of ether oxygens (including phenoxy) is 2. The first-order valence-electron chi connectivity index (χ1n) is 10.0. The van der Waals surface area contributed by atoms with Crippen LogP contribution in [0.15, 0.2) is 54.6 Å². The number of rotatable bonds is 4. The van der Waals surface area contributed by atoms with Crippen LogP contribution in [0.2, 0.25) is 0 Å². The number of nitrogens with zero attached hydrogens (tertiary/aromatic N) is 2. The van der Waals surface area contributed by atoms with Crippen molar-refractivity contribution >= 4 is 11.6 Å². The number of hydrogen-bond donors (Lipinski definition) is 0. The Bertz CT molecular complexity index is 777. The van der Waals surface area contributed by atoms with Crippen LogP contribution in [0.3, 0.4) is 0 Å². The van der Waals surface area contributed by atoms with Gasteiger partial charge in [-0.15, -0.1) is 0 Å². The van der Waals surface area contributed by atoms with Crippen LogP contribution in [0.4, 0.5) is 5.69 Å². The Balaban J connectivity index is 1.52. The zero-order valence-electron chi connectivity index (χ0n) is 16.5. The van der Waals surface area contributed by atoms with Crippen molar-refractivity contribution in [3.63, 3.8) is 0 Å².